The highest BCUT2D eigenvalue weighted by Crippen LogP contribution is 2.49. The summed E-state index contributed by atoms with van der Waals surface area (Å²) in [7, 11) is 0. The van der Waals surface area contributed by atoms with E-state index >= 15 is 4.39 Å². The van der Waals surface area contributed by atoms with Gasteiger partial charge in [-0.2, -0.15) is 0 Å². The molecule has 1 saturated heterocycles. The molecule has 4 heterocycles. The third-order valence-corrected chi connectivity index (χ3v) is 8.09. The van der Waals surface area contributed by atoms with Crippen LogP contribution in [0, 0.1) is 11.2 Å². The fourth-order valence-corrected chi connectivity index (χ4v) is 5.29. The van der Waals surface area contributed by atoms with Crippen LogP contribution in [0.1, 0.15) is 39.0 Å². The Labute approximate surface area is 230 Å². The van der Waals surface area contributed by atoms with Crippen molar-refractivity contribution < 1.29 is 14.3 Å². The first-order valence-corrected chi connectivity index (χ1v) is 13.7. The first-order chi connectivity index (χ1) is 19.3. The lowest BCUT2D eigenvalue weighted by molar-refractivity contribution is -0.121. The number of carbonyl (C=O) groups is 1. The molecule has 1 saturated carbocycles. The van der Waals surface area contributed by atoms with Gasteiger partial charge in [0, 0.05) is 36.0 Å². The molecule has 0 bridgehead atoms. The third kappa shape index (κ3) is 5.02. The number of pyridine rings is 3. The number of anilines is 4. The monoisotopic (exact) mass is 542 g/mol. The molecular formula is C30H31FN6O3. The van der Waals surface area contributed by atoms with Crippen molar-refractivity contribution in [2.75, 3.05) is 28.6 Å². The van der Waals surface area contributed by atoms with E-state index in [2.05, 4.69) is 30.5 Å². The second-order valence-electron chi connectivity index (χ2n) is 10.6. The summed E-state index contributed by atoms with van der Waals surface area (Å²) in [6.45, 7) is 3.51. The predicted octanol–water partition coefficient (Wildman–Crippen LogP) is 4.96. The van der Waals surface area contributed by atoms with E-state index in [0.29, 0.717) is 33.8 Å². The van der Waals surface area contributed by atoms with Crippen LogP contribution in [0.2, 0.25) is 0 Å². The maximum absolute atomic E-state index is 15.4. The van der Waals surface area contributed by atoms with Crippen LogP contribution in [0.5, 0.6) is 0 Å². The van der Waals surface area contributed by atoms with E-state index in [0.717, 1.165) is 50.9 Å². The van der Waals surface area contributed by atoms with Crippen LogP contribution in [-0.4, -0.2) is 45.2 Å². The molecule has 4 N–H and O–H groups in total. The van der Waals surface area contributed by atoms with Gasteiger partial charge in [-0.25, -0.2) is 14.4 Å². The van der Waals surface area contributed by atoms with Gasteiger partial charge in [-0.05, 0) is 74.6 Å². The topological polar surface area (TPSA) is 123 Å². The summed E-state index contributed by atoms with van der Waals surface area (Å²) in [4.78, 5) is 39.3. The number of piperidine rings is 1. The Balaban J connectivity index is 1.29. The molecule has 1 aromatic carbocycles. The van der Waals surface area contributed by atoms with Crippen molar-refractivity contribution in [2.24, 2.45) is 5.41 Å². The average molecular weight is 543 g/mol. The van der Waals surface area contributed by atoms with E-state index in [-0.39, 0.29) is 28.5 Å². The molecule has 3 aromatic heterocycles. The molecule has 206 valence electrons. The number of rotatable bonds is 7. The molecule has 0 radical (unpaired) electrons. The highest BCUT2D eigenvalue weighted by molar-refractivity contribution is 5.98. The van der Waals surface area contributed by atoms with Gasteiger partial charge < -0.3 is 25.6 Å². The fraction of sp³-hybridized carbons (Fsp3) is 0.333. The molecule has 1 aliphatic carbocycles. The third-order valence-electron chi connectivity index (χ3n) is 8.09. The molecule has 6 rings (SSSR count). The van der Waals surface area contributed by atoms with Gasteiger partial charge in [-0.3, -0.25) is 9.59 Å². The Kier molecular flexibility index (Phi) is 6.71. The van der Waals surface area contributed by atoms with Gasteiger partial charge in [-0.1, -0.05) is 6.92 Å². The van der Waals surface area contributed by atoms with Gasteiger partial charge in [0.1, 0.15) is 11.6 Å². The quantitative estimate of drug-likeness (QED) is 0.260. The van der Waals surface area contributed by atoms with Crippen molar-refractivity contribution in [3.8, 4) is 11.3 Å². The maximum Gasteiger partial charge on any atom is 0.259 e. The second kappa shape index (κ2) is 10.3. The summed E-state index contributed by atoms with van der Waals surface area (Å²) in [5.41, 5.74) is 2.13. The number of fused-ring (bicyclic) bond motifs is 1. The minimum atomic E-state index is -0.532. The summed E-state index contributed by atoms with van der Waals surface area (Å²) in [5.74, 6) is -0.0880. The normalized spacial score (nSPS) is 16.6. The largest absolute Gasteiger partial charge is 0.393 e. The van der Waals surface area contributed by atoms with Gasteiger partial charge in [0.05, 0.1) is 40.3 Å². The minimum Gasteiger partial charge on any atom is -0.393 e. The van der Waals surface area contributed by atoms with E-state index < -0.39 is 5.82 Å². The molecule has 1 aliphatic heterocycles. The molecule has 40 heavy (non-hydrogen) atoms. The van der Waals surface area contributed by atoms with Crippen LogP contribution >= 0.6 is 0 Å². The smallest absolute Gasteiger partial charge is 0.259 e. The van der Waals surface area contributed by atoms with Crippen LogP contribution in [0.15, 0.2) is 59.7 Å². The van der Waals surface area contributed by atoms with Crippen molar-refractivity contribution in [3.05, 3.63) is 71.0 Å². The number of H-pyrrole nitrogens is 1. The van der Waals surface area contributed by atoms with Gasteiger partial charge in [0.2, 0.25) is 5.91 Å². The summed E-state index contributed by atoms with van der Waals surface area (Å²) < 4.78 is 15.4. The maximum atomic E-state index is 15.4. The standard InChI is InChI=1S/C30H31FN6O3/c1-2-30(10-11-30)29(40)34-18-3-5-21(22(31)15-18)24-16-25(27-23(35-24)7-12-32-28(27)39)36-26-6-4-19(17-33-26)37-13-8-20(38)9-14-37/h3-7,12,15-17,20,38H,2,8-11,13-14H2,1H3,(H,32,39)(H,34,40)(H,33,35,36). The summed E-state index contributed by atoms with van der Waals surface area (Å²) in [6, 6.07) is 11.6. The number of hydrogen-bond acceptors (Lipinski definition) is 7. The number of nitrogens with zero attached hydrogens (tertiary/aromatic N) is 3. The van der Waals surface area contributed by atoms with E-state index in [1.165, 1.54) is 12.3 Å². The molecule has 0 spiro atoms. The lowest BCUT2D eigenvalue weighted by atomic mass is 10.0. The van der Waals surface area contributed by atoms with E-state index in [1.54, 1.807) is 30.5 Å². The van der Waals surface area contributed by atoms with Crippen LogP contribution in [0.25, 0.3) is 22.2 Å². The molecule has 1 amide bonds. The van der Waals surface area contributed by atoms with Crippen molar-refractivity contribution >= 4 is 39.7 Å². The van der Waals surface area contributed by atoms with Crippen molar-refractivity contribution in [1.29, 1.82) is 0 Å². The number of amides is 1. The number of carbonyl (C=O) groups excluding carboxylic acids is 1. The van der Waals surface area contributed by atoms with Crippen LogP contribution in [-0.2, 0) is 4.79 Å². The second-order valence-corrected chi connectivity index (χ2v) is 10.6. The molecule has 4 aromatic rings. The summed E-state index contributed by atoms with van der Waals surface area (Å²) in [5, 5.41) is 16.2. The highest BCUT2D eigenvalue weighted by Gasteiger charge is 2.47. The number of aromatic nitrogens is 3. The zero-order valence-electron chi connectivity index (χ0n) is 22.2. The number of hydrogen-bond donors (Lipinski definition) is 4. The Hall–Kier alpha value is -4.31. The first kappa shape index (κ1) is 25.9. The van der Waals surface area contributed by atoms with Crippen molar-refractivity contribution in [3.63, 3.8) is 0 Å². The Morgan fingerprint density at radius 3 is 2.65 bits per heavy atom. The Bertz CT molecular complexity index is 1630. The number of halogens is 1. The Morgan fingerprint density at radius 2 is 1.98 bits per heavy atom. The van der Waals surface area contributed by atoms with E-state index in [1.807, 2.05) is 19.1 Å². The predicted molar refractivity (Wildman–Crippen MR) is 153 cm³/mol. The number of aromatic amines is 1. The van der Waals surface area contributed by atoms with Gasteiger partial charge in [0.15, 0.2) is 0 Å². The molecule has 9 nitrogen and oxygen atoms in total. The Morgan fingerprint density at radius 1 is 1.18 bits per heavy atom. The van der Waals surface area contributed by atoms with Crippen molar-refractivity contribution in [1.82, 2.24) is 15.0 Å². The van der Waals surface area contributed by atoms with E-state index in [4.69, 9.17) is 0 Å². The number of benzene rings is 1. The average Bonchev–Trinajstić information content (AvgIpc) is 3.76. The molecule has 0 unspecified atom stereocenters. The molecule has 2 fully saturated rings. The molecule has 0 atom stereocenters. The highest BCUT2D eigenvalue weighted by atomic mass is 19.1. The minimum absolute atomic E-state index is 0.0758. The van der Waals surface area contributed by atoms with Crippen molar-refractivity contribution in [2.45, 2.75) is 45.1 Å². The molecule has 10 heteroatoms. The zero-order valence-corrected chi connectivity index (χ0v) is 22.2. The van der Waals surface area contributed by atoms with Gasteiger partial charge >= 0.3 is 0 Å². The first-order valence-electron chi connectivity index (χ1n) is 13.7. The van der Waals surface area contributed by atoms with E-state index in [9.17, 15) is 14.7 Å². The number of aliphatic hydroxyl groups is 1. The number of nitrogens with one attached hydrogen (secondary N) is 3. The van der Waals surface area contributed by atoms with Gasteiger partial charge in [-0.15, -0.1) is 0 Å². The zero-order chi connectivity index (χ0) is 27.9. The SMILES string of the molecule is CCC1(C(=O)Nc2ccc(-c3cc(Nc4ccc(N5CCC(O)CC5)cn4)c4c(=O)[nH]ccc4n3)c(F)c2)CC1. The van der Waals surface area contributed by atoms with Crippen LogP contribution in [0.3, 0.4) is 0 Å². The summed E-state index contributed by atoms with van der Waals surface area (Å²) >= 11 is 0. The summed E-state index contributed by atoms with van der Waals surface area (Å²) in [6.07, 6.45) is 6.91. The molecule has 2 aliphatic rings. The number of aliphatic hydroxyl groups excluding tert-OH is 1. The molecular weight excluding hydrogens is 511 g/mol. The van der Waals surface area contributed by atoms with Crippen LogP contribution in [0.4, 0.5) is 27.3 Å². The van der Waals surface area contributed by atoms with Crippen LogP contribution < -0.4 is 21.1 Å². The lowest BCUT2D eigenvalue weighted by Crippen LogP contribution is -2.35. The lowest BCUT2D eigenvalue weighted by Gasteiger charge is -2.31. The fourth-order valence-electron chi connectivity index (χ4n) is 5.29. The van der Waals surface area contributed by atoms with Gasteiger partial charge in [0.25, 0.3) is 5.56 Å².